The van der Waals surface area contributed by atoms with E-state index >= 15 is 0 Å². The molecule has 0 aliphatic carbocycles. The molecular weight excluding hydrogens is 225 g/mol. The molecule has 3 nitrogen and oxygen atoms in total. The van der Waals surface area contributed by atoms with Crippen LogP contribution >= 0.6 is 0 Å². The molecule has 1 fully saturated rings. The van der Waals surface area contributed by atoms with Crippen LogP contribution in [0.4, 0.5) is 0 Å². The van der Waals surface area contributed by atoms with Crippen LogP contribution in [0.3, 0.4) is 0 Å². The fraction of sp³-hybridized carbons (Fsp3) is 0.500. The van der Waals surface area contributed by atoms with Crippen molar-refractivity contribution in [2.45, 2.75) is 45.8 Å². The summed E-state index contributed by atoms with van der Waals surface area (Å²) in [5, 5.41) is 0. The van der Waals surface area contributed by atoms with E-state index in [0.717, 1.165) is 11.4 Å². The second-order valence-corrected chi connectivity index (χ2v) is 5.69. The zero-order chi connectivity index (χ0) is 13.4. The highest BCUT2D eigenvalue weighted by molar-refractivity contribution is 6.52. The second-order valence-electron chi connectivity index (χ2n) is 5.69. The first-order valence-corrected chi connectivity index (χ1v) is 6.28. The summed E-state index contributed by atoms with van der Waals surface area (Å²) in [7, 11) is -0.308. The Hall–Kier alpha value is -1.13. The van der Waals surface area contributed by atoms with Crippen LogP contribution in [0.25, 0.3) is 6.08 Å². The summed E-state index contributed by atoms with van der Waals surface area (Å²) in [5.74, 6) is 1.91. The molecule has 1 saturated heterocycles. The van der Waals surface area contributed by atoms with Gasteiger partial charge in [-0.1, -0.05) is 12.0 Å². The van der Waals surface area contributed by atoms with Gasteiger partial charge in [0, 0.05) is 5.69 Å². The Morgan fingerprint density at radius 3 is 2.28 bits per heavy atom. The molecule has 1 aliphatic heterocycles. The van der Waals surface area contributed by atoms with Gasteiger partial charge in [-0.3, -0.25) is 4.98 Å². The number of rotatable bonds is 2. The maximum Gasteiger partial charge on any atom is 0.487 e. The molecule has 0 saturated carbocycles. The molecular formula is C14H20BNO2. The van der Waals surface area contributed by atoms with Gasteiger partial charge in [-0.15, -0.1) is 0 Å². The van der Waals surface area contributed by atoms with E-state index < -0.39 is 0 Å². The lowest BCUT2D eigenvalue weighted by Gasteiger charge is -2.32. The van der Waals surface area contributed by atoms with E-state index in [0.29, 0.717) is 0 Å². The van der Waals surface area contributed by atoms with Crippen LogP contribution < -0.4 is 0 Å². The van der Waals surface area contributed by atoms with E-state index in [9.17, 15) is 0 Å². The molecule has 2 heterocycles. The standard InChI is InChI=1S/C14H20BNO2/c1-11-7-6-8-12(16-11)9-10-15-17-13(2,3)14(4,5)18-15/h6-10H,1-5H3. The highest BCUT2D eigenvalue weighted by Gasteiger charge is 2.49. The van der Waals surface area contributed by atoms with Crippen molar-refractivity contribution >= 4 is 13.2 Å². The molecule has 18 heavy (non-hydrogen) atoms. The molecule has 1 aliphatic rings. The first kappa shape index (κ1) is 13.3. The van der Waals surface area contributed by atoms with Crippen molar-refractivity contribution in [3.63, 3.8) is 0 Å². The van der Waals surface area contributed by atoms with Crippen molar-refractivity contribution in [2.24, 2.45) is 0 Å². The fourth-order valence-corrected chi connectivity index (χ4v) is 1.80. The molecule has 0 bridgehead atoms. The van der Waals surface area contributed by atoms with Gasteiger partial charge in [-0.05, 0) is 52.8 Å². The molecule has 1 aromatic rings. The maximum absolute atomic E-state index is 5.88. The van der Waals surface area contributed by atoms with Crippen LogP contribution in [-0.2, 0) is 9.31 Å². The largest absolute Gasteiger partial charge is 0.487 e. The monoisotopic (exact) mass is 245 g/mol. The molecule has 0 N–H and O–H groups in total. The van der Waals surface area contributed by atoms with Crippen LogP contribution in [0.1, 0.15) is 39.1 Å². The van der Waals surface area contributed by atoms with Gasteiger partial charge in [0.05, 0.1) is 16.9 Å². The third-order valence-electron chi connectivity index (χ3n) is 3.61. The lowest BCUT2D eigenvalue weighted by molar-refractivity contribution is 0.00578. The Kier molecular flexibility index (Phi) is 3.34. The fourth-order valence-electron chi connectivity index (χ4n) is 1.80. The van der Waals surface area contributed by atoms with Crippen LogP contribution in [0, 0.1) is 6.92 Å². The van der Waals surface area contributed by atoms with Crippen molar-refractivity contribution in [1.82, 2.24) is 4.98 Å². The highest BCUT2D eigenvalue weighted by Crippen LogP contribution is 2.36. The van der Waals surface area contributed by atoms with Crippen molar-refractivity contribution in [3.8, 4) is 0 Å². The van der Waals surface area contributed by atoms with Gasteiger partial charge in [-0.2, -0.15) is 0 Å². The van der Waals surface area contributed by atoms with Gasteiger partial charge in [0.1, 0.15) is 0 Å². The van der Waals surface area contributed by atoms with E-state index in [-0.39, 0.29) is 18.3 Å². The Balaban J connectivity index is 2.08. The molecule has 0 amide bonds. The topological polar surface area (TPSA) is 31.4 Å². The van der Waals surface area contributed by atoms with Gasteiger partial charge in [-0.25, -0.2) is 0 Å². The smallest absolute Gasteiger partial charge is 0.400 e. The minimum absolute atomic E-state index is 0.290. The van der Waals surface area contributed by atoms with E-state index in [1.165, 1.54) is 0 Å². The maximum atomic E-state index is 5.88. The lowest BCUT2D eigenvalue weighted by atomic mass is 9.89. The van der Waals surface area contributed by atoms with E-state index in [4.69, 9.17) is 9.31 Å². The zero-order valence-electron chi connectivity index (χ0n) is 11.7. The Morgan fingerprint density at radius 2 is 1.72 bits per heavy atom. The third kappa shape index (κ3) is 2.65. The number of aromatic nitrogens is 1. The highest BCUT2D eigenvalue weighted by atomic mass is 16.7. The minimum Gasteiger partial charge on any atom is -0.400 e. The van der Waals surface area contributed by atoms with Gasteiger partial charge >= 0.3 is 7.12 Å². The Labute approximate surface area is 109 Å². The molecule has 0 spiro atoms. The lowest BCUT2D eigenvalue weighted by Crippen LogP contribution is -2.41. The van der Waals surface area contributed by atoms with Crippen molar-refractivity contribution in [2.75, 3.05) is 0 Å². The average molecular weight is 245 g/mol. The normalized spacial score (nSPS) is 21.7. The Bertz CT molecular complexity index is 453. The molecule has 4 heteroatoms. The number of hydrogen-bond donors (Lipinski definition) is 0. The number of hydrogen-bond acceptors (Lipinski definition) is 3. The first-order chi connectivity index (χ1) is 8.30. The second kappa shape index (κ2) is 4.52. The molecule has 0 atom stereocenters. The van der Waals surface area contributed by atoms with Crippen LogP contribution in [-0.4, -0.2) is 23.3 Å². The third-order valence-corrected chi connectivity index (χ3v) is 3.61. The number of nitrogens with zero attached hydrogens (tertiary/aromatic N) is 1. The molecule has 1 aromatic heterocycles. The van der Waals surface area contributed by atoms with Crippen molar-refractivity contribution in [3.05, 3.63) is 35.6 Å². The van der Waals surface area contributed by atoms with Crippen LogP contribution in [0.2, 0.25) is 0 Å². The SMILES string of the molecule is Cc1cccc(C=CB2OC(C)(C)C(C)(C)O2)n1. The average Bonchev–Trinajstić information content (AvgIpc) is 2.45. The predicted molar refractivity (Wildman–Crippen MR) is 74.1 cm³/mol. The quantitative estimate of drug-likeness (QED) is 0.750. The predicted octanol–water partition coefficient (Wildman–Crippen LogP) is 3.03. The van der Waals surface area contributed by atoms with Crippen molar-refractivity contribution in [1.29, 1.82) is 0 Å². The summed E-state index contributed by atoms with van der Waals surface area (Å²) < 4.78 is 11.8. The van der Waals surface area contributed by atoms with E-state index in [1.807, 2.05) is 64.9 Å². The molecule has 96 valence electrons. The number of pyridine rings is 1. The first-order valence-electron chi connectivity index (χ1n) is 6.28. The van der Waals surface area contributed by atoms with Crippen molar-refractivity contribution < 1.29 is 9.31 Å². The summed E-state index contributed by atoms with van der Waals surface area (Å²) in [6.45, 7) is 10.2. The summed E-state index contributed by atoms with van der Waals surface area (Å²) in [6.07, 6.45) is 1.94. The molecule has 0 radical (unpaired) electrons. The molecule has 0 unspecified atom stereocenters. The molecule has 2 rings (SSSR count). The van der Waals surface area contributed by atoms with E-state index in [1.54, 1.807) is 0 Å². The number of aryl methyl sites for hydroxylation is 1. The van der Waals surface area contributed by atoms with Crippen LogP contribution in [0.5, 0.6) is 0 Å². The molecule has 0 aromatic carbocycles. The zero-order valence-corrected chi connectivity index (χ0v) is 11.7. The van der Waals surface area contributed by atoms with Gasteiger partial charge in [0.25, 0.3) is 0 Å². The summed E-state index contributed by atoms with van der Waals surface area (Å²) in [4.78, 5) is 4.41. The van der Waals surface area contributed by atoms with Gasteiger partial charge in [0.2, 0.25) is 0 Å². The Morgan fingerprint density at radius 1 is 1.11 bits per heavy atom. The summed E-state index contributed by atoms with van der Waals surface area (Å²) >= 11 is 0. The van der Waals surface area contributed by atoms with Gasteiger partial charge < -0.3 is 9.31 Å². The van der Waals surface area contributed by atoms with E-state index in [2.05, 4.69) is 4.98 Å². The minimum atomic E-state index is -0.308. The van der Waals surface area contributed by atoms with Gasteiger partial charge in [0.15, 0.2) is 0 Å². The van der Waals surface area contributed by atoms with Crippen LogP contribution in [0.15, 0.2) is 24.2 Å². The summed E-state index contributed by atoms with van der Waals surface area (Å²) in [5.41, 5.74) is 1.35. The summed E-state index contributed by atoms with van der Waals surface area (Å²) in [6, 6.07) is 5.94.